The normalized spacial score (nSPS) is 16.6. The molecule has 2 aromatic rings. The Morgan fingerprint density at radius 3 is 2.86 bits per heavy atom. The van der Waals surface area contributed by atoms with Gasteiger partial charge in [0.05, 0.1) is 5.92 Å². The molecule has 0 aliphatic carbocycles. The van der Waals surface area contributed by atoms with Crippen molar-refractivity contribution < 1.29 is 23.4 Å². The Morgan fingerprint density at radius 1 is 1.38 bits per heavy atom. The first-order chi connectivity index (χ1) is 10.1. The van der Waals surface area contributed by atoms with E-state index in [1.54, 1.807) is 18.2 Å². The third-order valence-corrected chi connectivity index (χ3v) is 3.29. The van der Waals surface area contributed by atoms with Crippen molar-refractivity contribution in [2.24, 2.45) is 0 Å². The van der Waals surface area contributed by atoms with Crippen molar-refractivity contribution in [3.05, 3.63) is 53.1 Å². The predicted molar refractivity (Wildman–Crippen MR) is 67.7 cm³/mol. The van der Waals surface area contributed by atoms with Crippen LogP contribution in [0.3, 0.4) is 0 Å². The van der Waals surface area contributed by atoms with E-state index in [4.69, 9.17) is 9.84 Å². The number of carboxylic acids is 1. The summed E-state index contributed by atoms with van der Waals surface area (Å²) >= 11 is 0. The summed E-state index contributed by atoms with van der Waals surface area (Å²) < 4.78 is 31.4. The Bertz CT molecular complexity index is 706. The Kier molecular flexibility index (Phi) is 3.25. The molecule has 108 valence electrons. The van der Waals surface area contributed by atoms with Crippen LogP contribution in [0.15, 0.2) is 30.5 Å². The van der Waals surface area contributed by atoms with Crippen molar-refractivity contribution in [3.8, 4) is 5.75 Å². The quantitative estimate of drug-likeness (QED) is 0.941. The second kappa shape index (κ2) is 5.08. The number of aromatic nitrogens is 2. The molecule has 0 saturated carbocycles. The van der Waals surface area contributed by atoms with E-state index in [0.29, 0.717) is 5.75 Å². The van der Waals surface area contributed by atoms with E-state index >= 15 is 0 Å². The van der Waals surface area contributed by atoms with Crippen LogP contribution < -0.4 is 4.74 Å². The highest BCUT2D eigenvalue weighted by Gasteiger charge is 2.30. The highest BCUT2D eigenvalue weighted by molar-refractivity contribution is 5.88. The zero-order valence-corrected chi connectivity index (χ0v) is 10.7. The van der Waals surface area contributed by atoms with E-state index in [0.717, 1.165) is 11.8 Å². The standard InChI is InChI=1S/C14H10F2N2O3/c15-12(16)11-8(14(19)20)5-17-13(18-11)9-6-21-10-4-2-1-3-7(9)10/h1-5,9,12H,6H2,(H,19,20). The molecular formula is C14H10F2N2O3. The van der Waals surface area contributed by atoms with Crippen LogP contribution in [0.25, 0.3) is 0 Å². The second-order valence-electron chi connectivity index (χ2n) is 4.53. The number of aromatic carboxylic acids is 1. The first-order valence-electron chi connectivity index (χ1n) is 6.18. The van der Waals surface area contributed by atoms with Gasteiger partial charge in [-0.05, 0) is 6.07 Å². The van der Waals surface area contributed by atoms with Crippen LogP contribution in [0, 0.1) is 0 Å². The summed E-state index contributed by atoms with van der Waals surface area (Å²) in [5.41, 5.74) is -0.543. The average Bonchev–Trinajstić information content (AvgIpc) is 2.90. The lowest BCUT2D eigenvalue weighted by Crippen LogP contribution is -2.13. The van der Waals surface area contributed by atoms with Gasteiger partial charge in [0.1, 0.15) is 29.4 Å². The summed E-state index contributed by atoms with van der Waals surface area (Å²) in [5.74, 6) is -1.05. The summed E-state index contributed by atoms with van der Waals surface area (Å²) in [7, 11) is 0. The molecule has 1 aromatic heterocycles. The van der Waals surface area contributed by atoms with Crippen molar-refractivity contribution >= 4 is 5.97 Å². The van der Waals surface area contributed by atoms with Crippen molar-refractivity contribution in [2.45, 2.75) is 12.3 Å². The van der Waals surface area contributed by atoms with Crippen molar-refractivity contribution in [3.63, 3.8) is 0 Å². The molecule has 1 aliphatic rings. The lowest BCUT2D eigenvalue weighted by molar-refractivity contribution is 0.0681. The number of nitrogens with zero attached hydrogens (tertiary/aromatic N) is 2. The molecule has 3 rings (SSSR count). The zero-order chi connectivity index (χ0) is 15.0. The van der Waals surface area contributed by atoms with E-state index in [9.17, 15) is 13.6 Å². The molecule has 1 N–H and O–H groups in total. The van der Waals surface area contributed by atoms with Crippen LogP contribution in [0.5, 0.6) is 5.75 Å². The van der Waals surface area contributed by atoms with E-state index < -0.39 is 23.7 Å². The van der Waals surface area contributed by atoms with E-state index in [1.165, 1.54) is 0 Å². The third-order valence-electron chi connectivity index (χ3n) is 3.29. The minimum atomic E-state index is -2.98. The number of halogens is 2. The number of ether oxygens (including phenoxy) is 1. The Morgan fingerprint density at radius 2 is 2.14 bits per heavy atom. The van der Waals surface area contributed by atoms with Gasteiger partial charge in [-0.2, -0.15) is 0 Å². The maximum atomic E-state index is 13.0. The molecule has 0 saturated heterocycles. The number of carbonyl (C=O) groups is 1. The Balaban J connectivity index is 2.05. The molecule has 1 aromatic carbocycles. The Hall–Kier alpha value is -2.57. The molecule has 1 unspecified atom stereocenters. The highest BCUT2D eigenvalue weighted by atomic mass is 19.3. The van der Waals surface area contributed by atoms with Crippen molar-refractivity contribution in [2.75, 3.05) is 6.61 Å². The van der Waals surface area contributed by atoms with Gasteiger partial charge in [-0.15, -0.1) is 0 Å². The largest absolute Gasteiger partial charge is 0.492 e. The fourth-order valence-corrected chi connectivity index (χ4v) is 2.28. The minimum Gasteiger partial charge on any atom is -0.492 e. The zero-order valence-electron chi connectivity index (χ0n) is 10.7. The molecule has 0 radical (unpaired) electrons. The molecule has 0 amide bonds. The van der Waals surface area contributed by atoms with E-state index in [-0.39, 0.29) is 18.3 Å². The van der Waals surface area contributed by atoms with Crippen LogP contribution in [-0.2, 0) is 0 Å². The highest BCUT2D eigenvalue weighted by Crippen LogP contribution is 2.37. The van der Waals surface area contributed by atoms with E-state index in [2.05, 4.69) is 9.97 Å². The molecule has 0 fully saturated rings. The summed E-state index contributed by atoms with van der Waals surface area (Å²) in [6.45, 7) is 0.244. The molecule has 0 bridgehead atoms. The van der Waals surface area contributed by atoms with Gasteiger partial charge in [0, 0.05) is 11.8 Å². The van der Waals surface area contributed by atoms with Gasteiger partial charge >= 0.3 is 5.97 Å². The first-order valence-corrected chi connectivity index (χ1v) is 6.18. The number of carboxylic acid groups (broad SMARTS) is 1. The third kappa shape index (κ3) is 2.31. The molecule has 5 nitrogen and oxygen atoms in total. The van der Waals surface area contributed by atoms with Crippen LogP contribution in [0.4, 0.5) is 8.78 Å². The monoisotopic (exact) mass is 292 g/mol. The average molecular weight is 292 g/mol. The number of hydrogen-bond donors (Lipinski definition) is 1. The molecule has 21 heavy (non-hydrogen) atoms. The molecular weight excluding hydrogens is 282 g/mol. The SMILES string of the molecule is O=C(O)c1cnc(C2COc3ccccc32)nc1C(F)F. The Labute approximate surface area is 118 Å². The lowest BCUT2D eigenvalue weighted by Gasteiger charge is -2.10. The van der Waals surface area contributed by atoms with Crippen molar-refractivity contribution in [1.29, 1.82) is 0 Å². The second-order valence-corrected chi connectivity index (χ2v) is 4.53. The predicted octanol–water partition coefficient (Wildman–Crippen LogP) is 2.64. The van der Waals surface area contributed by atoms with Gasteiger partial charge < -0.3 is 9.84 Å². The number of hydrogen-bond acceptors (Lipinski definition) is 4. The van der Waals surface area contributed by atoms with Gasteiger partial charge in [-0.25, -0.2) is 23.5 Å². The van der Waals surface area contributed by atoms with Crippen LogP contribution in [0.2, 0.25) is 0 Å². The first kappa shape index (κ1) is 13.4. The topological polar surface area (TPSA) is 72.3 Å². The number of benzene rings is 1. The fourth-order valence-electron chi connectivity index (χ4n) is 2.28. The number of para-hydroxylation sites is 1. The molecule has 7 heteroatoms. The number of rotatable bonds is 3. The minimum absolute atomic E-state index is 0.139. The summed E-state index contributed by atoms with van der Waals surface area (Å²) in [4.78, 5) is 18.6. The van der Waals surface area contributed by atoms with Gasteiger partial charge in [-0.1, -0.05) is 18.2 Å². The molecule has 0 spiro atoms. The smallest absolute Gasteiger partial charge is 0.339 e. The molecule has 1 atom stereocenters. The van der Waals surface area contributed by atoms with Gasteiger partial charge in [-0.3, -0.25) is 0 Å². The van der Waals surface area contributed by atoms with Crippen LogP contribution in [0.1, 0.15) is 39.8 Å². The maximum absolute atomic E-state index is 13.0. The van der Waals surface area contributed by atoms with Crippen LogP contribution >= 0.6 is 0 Å². The van der Waals surface area contributed by atoms with Crippen molar-refractivity contribution in [1.82, 2.24) is 9.97 Å². The molecule has 2 heterocycles. The summed E-state index contributed by atoms with van der Waals surface area (Å²) in [6, 6.07) is 7.19. The van der Waals surface area contributed by atoms with E-state index in [1.807, 2.05) is 6.07 Å². The number of alkyl halides is 2. The van der Waals surface area contributed by atoms with Gasteiger partial charge in [0.15, 0.2) is 0 Å². The summed E-state index contributed by atoms with van der Waals surface area (Å²) in [6.07, 6.45) is -2.05. The lowest BCUT2D eigenvalue weighted by atomic mass is 10.0. The fraction of sp³-hybridized carbons (Fsp3) is 0.214. The van der Waals surface area contributed by atoms with Gasteiger partial charge in [0.25, 0.3) is 6.43 Å². The maximum Gasteiger partial charge on any atom is 0.339 e. The number of fused-ring (bicyclic) bond motifs is 1. The molecule has 1 aliphatic heterocycles. The summed E-state index contributed by atoms with van der Waals surface area (Å²) in [5, 5.41) is 8.89. The van der Waals surface area contributed by atoms with Crippen LogP contribution in [-0.4, -0.2) is 27.7 Å². The van der Waals surface area contributed by atoms with Gasteiger partial charge in [0.2, 0.25) is 0 Å².